The van der Waals surface area contributed by atoms with E-state index in [9.17, 15) is 14.7 Å². The van der Waals surface area contributed by atoms with Crippen LogP contribution in [0.2, 0.25) is 0 Å². The highest BCUT2D eigenvalue weighted by molar-refractivity contribution is 7.15. The first-order valence-corrected chi connectivity index (χ1v) is 9.29. The zero-order valence-corrected chi connectivity index (χ0v) is 15.3. The molecule has 0 aromatic carbocycles. The number of aromatic nitrogens is 2. The molecule has 0 radical (unpaired) electrons. The molecule has 4 rings (SSSR count). The number of aliphatic hydroxyl groups excluding tert-OH is 1. The molecule has 1 amide bonds. The van der Waals surface area contributed by atoms with Crippen molar-refractivity contribution in [2.75, 3.05) is 6.61 Å². The summed E-state index contributed by atoms with van der Waals surface area (Å²) >= 11 is 1.52. The van der Waals surface area contributed by atoms with Gasteiger partial charge in [0.05, 0.1) is 18.1 Å². The number of amides is 1. The second kappa shape index (κ2) is 6.07. The summed E-state index contributed by atoms with van der Waals surface area (Å²) in [4.78, 5) is 32.2. The number of carbonyl (C=O) groups is 2. The van der Waals surface area contributed by atoms with Crippen LogP contribution in [0.4, 0.5) is 0 Å². The molecule has 0 spiro atoms. The number of thiazole rings is 1. The molecule has 2 aromatic heterocycles. The van der Waals surface area contributed by atoms with Crippen molar-refractivity contribution >= 4 is 33.6 Å². The van der Waals surface area contributed by atoms with E-state index in [0.29, 0.717) is 11.3 Å². The molecule has 1 saturated heterocycles. The zero-order chi connectivity index (χ0) is 18.6. The third kappa shape index (κ3) is 2.18. The summed E-state index contributed by atoms with van der Waals surface area (Å²) in [6.07, 6.45) is 4.29. The van der Waals surface area contributed by atoms with Crippen LogP contribution in [0, 0.1) is 11.8 Å². The van der Waals surface area contributed by atoms with Crippen molar-refractivity contribution in [3.05, 3.63) is 42.0 Å². The third-order valence-electron chi connectivity index (χ3n) is 5.10. The highest BCUT2D eigenvalue weighted by Crippen LogP contribution is 2.51. The Labute approximate surface area is 154 Å². The Morgan fingerprint density at radius 1 is 1.58 bits per heavy atom. The molecule has 4 atom stereocenters. The van der Waals surface area contributed by atoms with Crippen LogP contribution in [-0.2, 0) is 14.3 Å². The number of ether oxygens (including phenoxy) is 1. The smallest absolute Gasteiger partial charge is 0.355 e. The Morgan fingerprint density at radius 3 is 3.04 bits per heavy atom. The van der Waals surface area contributed by atoms with E-state index in [2.05, 4.69) is 11.6 Å². The summed E-state index contributed by atoms with van der Waals surface area (Å²) in [5.41, 5.74) is 1.62. The number of nitrogens with zero attached hydrogens (tertiary/aromatic N) is 3. The second-order valence-electron chi connectivity index (χ2n) is 6.61. The molecule has 136 valence electrons. The number of aliphatic hydroxyl groups is 1. The van der Waals surface area contributed by atoms with E-state index >= 15 is 0 Å². The van der Waals surface area contributed by atoms with Gasteiger partial charge in [-0.2, -0.15) is 0 Å². The summed E-state index contributed by atoms with van der Waals surface area (Å²) < 4.78 is 7.12. The molecule has 7 nitrogen and oxygen atoms in total. The van der Waals surface area contributed by atoms with Gasteiger partial charge in [-0.1, -0.05) is 19.6 Å². The van der Waals surface area contributed by atoms with Crippen molar-refractivity contribution in [2.45, 2.75) is 26.0 Å². The Morgan fingerprint density at radius 2 is 2.35 bits per heavy atom. The van der Waals surface area contributed by atoms with Crippen LogP contribution in [0.25, 0.3) is 10.4 Å². The Bertz CT molecular complexity index is 941. The highest BCUT2D eigenvalue weighted by atomic mass is 32.1. The van der Waals surface area contributed by atoms with Gasteiger partial charge in [-0.25, -0.2) is 9.78 Å². The summed E-state index contributed by atoms with van der Waals surface area (Å²) in [5, 5.41) is 12.0. The lowest BCUT2D eigenvalue weighted by Crippen LogP contribution is -2.63. The van der Waals surface area contributed by atoms with Crippen LogP contribution < -0.4 is 0 Å². The molecule has 1 N–H and O–H groups in total. The van der Waals surface area contributed by atoms with Gasteiger partial charge in [-0.15, -0.1) is 11.3 Å². The predicted octanol–water partition coefficient (Wildman–Crippen LogP) is 1.69. The fourth-order valence-electron chi connectivity index (χ4n) is 3.99. The van der Waals surface area contributed by atoms with Crippen LogP contribution >= 0.6 is 11.3 Å². The third-order valence-corrected chi connectivity index (χ3v) is 5.99. The molecule has 0 aliphatic carbocycles. The molecule has 1 unspecified atom stereocenters. The van der Waals surface area contributed by atoms with E-state index in [0.717, 1.165) is 4.83 Å². The lowest BCUT2D eigenvalue weighted by molar-refractivity contribution is -0.164. The average molecular weight is 373 g/mol. The number of carbonyl (C=O) groups excluding carboxylic acids is 2. The molecule has 26 heavy (non-hydrogen) atoms. The molecule has 0 saturated carbocycles. The van der Waals surface area contributed by atoms with E-state index in [-0.39, 0.29) is 30.2 Å². The molecule has 2 aromatic rings. The number of imidazole rings is 1. The molecule has 0 bridgehead atoms. The summed E-state index contributed by atoms with van der Waals surface area (Å²) in [6, 6.07) is -0.263. The minimum atomic E-state index is -0.778. The maximum atomic E-state index is 12.7. The quantitative estimate of drug-likeness (QED) is 0.490. The average Bonchev–Trinajstić information content (AvgIpc) is 3.25. The molecule has 2 aliphatic heterocycles. The van der Waals surface area contributed by atoms with Crippen LogP contribution in [0.15, 0.2) is 36.3 Å². The molecule has 8 heteroatoms. The van der Waals surface area contributed by atoms with Crippen molar-refractivity contribution in [3.63, 3.8) is 0 Å². The number of rotatable bonds is 5. The second-order valence-corrected chi connectivity index (χ2v) is 7.51. The lowest BCUT2D eigenvalue weighted by Gasteiger charge is -2.46. The highest BCUT2D eigenvalue weighted by Gasteiger charge is 2.60. The standard InChI is InChI=1S/C18H19N3O4S/c1-4-6-25-18(24)15-11(13-17-20(8-19-13)5-7-26-17)9(2)14-12(10(3)22)16(23)21(14)15/h4-5,7-10,12,14,22H,1,6H2,2-3H3/t9-,10+,12+,14?/m0/s1. The molecular weight excluding hydrogens is 354 g/mol. The maximum Gasteiger partial charge on any atom is 0.355 e. The molecule has 4 heterocycles. The number of β-lactam (4-membered cyclic amide) rings is 1. The monoisotopic (exact) mass is 373 g/mol. The topological polar surface area (TPSA) is 84.1 Å². The molecule has 1 fully saturated rings. The molecular formula is C18H19N3O4S. The van der Waals surface area contributed by atoms with E-state index in [4.69, 9.17) is 4.74 Å². The number of hydrogen-bond donors (Lipinski definition) is 1. The van der Waals surface area contributed by atoms with Crippen molar-refractivity contribution < 1.29 is 19.4 Å². The lowest BCUT2D eigenvalue weighted by atomic mass is 9.77. The first kappa shape index (κ1) is 17.0. The minimum absolute atomic E-state index is 0.0636. The number of hydrogen-bond acceptors (Lipinski definition) is 6. The SMILES string of the molecule is C=CCOC(=O)C1=C(c2ncn3ccsc23)[C@H](C)C2[C@@H]([C@@H](C)O)C(=O)N12. The largest absolute Gasteiger partial charge is 0.457 e. The summed E-state index contributed by atoms with van der Waals surface area (Å²) in [7, 11) is 0. The minimum Gasteiger partial charge on any atom is -0.457 e. The van der Waals surface area contributed by atoms with Crippen LogP contribution in [0.5, 0.6) is 0 Å². The first-order valence-electron chi connectivity index (χ1n) is 8.41. The van der Waals surface area contributed by atoms with Crippen LogP contribution in [0.3, 0.4) is 0 Å². The van der Waals surface area contributed by atoms with E-state index in [1.54, 1.807) is 13.3 Å². The summed E-state index contributed by atoms with van der Waals surface area (Å²) in [5.74, 6) is -1.48. The van der Waals surface area contributed by atoms with Crippen LogP contribution in [-0.4, -0.2) is 50.0 Å². The van der Waals surface area contributed by atoms with Gasteiger partial charge in [0.2, 0.25) is 5.91 Å². The molecule has 2 aliphatic rings. The summed E-state index contributed by atoms with van der Waals surface area (Å²) in [6.45, 7) is 7.18. The Hall–Kier alpha value is -2.45. The van der Waals surface area contributed by atoms with Gasteiger partial charge < -0.3 is 14.7 Å². The van der Waals surface area contributed by atoms with Crippen molar-refractivity contribution in [2.24, 2.45) is 11.8 Å². The van der Waals surface area contributed by atoms with Gasteiger partial charge in [0.15, 0.2) is 0 Å². The van der Waals surface area contributed by atoms with Crippen LogP contribution in [0.1, 0.15) is 19.5 Å². The van der Waals surface area contributed by atoms with Gasteiger partial charge in [-0.3, -0.25) is 9.20 Å². The predicted molar refractivity (Wildman–Crippen MR) is 96.1 cm³/mol. The van der Waals surface area contributed by atoms with Gasteiger partial charge in [0, 0.05) is 23.1 Å². The van der Waals surface area contributed by atoms with Gasteiger partial charge >= 0.3 is 5.97 Å². The number of fused-ring (bicyclic) bond motifs is 2. The van der Waals surface area contributed by atoms with Crippen molar-refractivity contribution in [1.82, 2.24) is 14.3 Å². The van der Waals surface area contributed by atoms with Gasteiger partial charge in [0.1, 0.15) is 29.2 Å². The fourth-order valence-corrected chi connectivity index (χ4v) is 4.82. The van der Waals surface area contributed by atoms with E-state index in [1.807, 2.05) is 22.9 Å². The Kier molecular flexibility index (Phi) is 3.96. The van der Waals surface area contributed by atoms with E-state index in [1.165, 1.54) is 22.3 Å². The van der Waals surface area contributed by atoms with Crippen molar-refractivity contribution in [3.8, 4) is 0 Å². The van der Waals surface area contributed by atoms with Gasteiger partial charge in [0.25, 0.3) is 0 Å². The first-order chi connectivity index (χ1) is 12.5. The van der Waals surface area contributed by atoms with Crippen molar-refractivity contribution in [1.29, 1.82) is 0 Å². The maximum absolute atomic E-state index is 12.7. The zero-order valence-electron chi connectivity index (χ0n) is 14.5. The van der Waals surface area contributed by atoms with E-state index < -0.39 is 18.0 Å². The normalized spacial score (nSPS) is 26.0. The Balaban J connectivity index is 1.85. The van der Waals surface area contributed by atoms with Gasteiger partial charge in [-0.05, 0) is 6.92 Å². The number of esters is 1. The fraction of sp³-hybridized carbons (Fsp3) is 0.389.